The average molecular weight is 287 g/mol. The first-order chi connectivity index (χ1) is 10.3. The molecule has 0 amide bonds. The maximum Gasteiger partial charge on any atom is 0.244 e. The minimum Gasteiger partial charge on any atom is -0.497 e. The number of rotatable bonds is 8. The van der Waals surface area contributed by atoms with Gasteiger partial charge in [-0.2, -0.15) is 10.1 Å². The zero-order valence-electron chi connectivity index (χ0n) is 12.5. The fourth-order valence-corrected chi connectivity index (χ4v) is 1.86. The van der Waals surface area contributed by atoms with E-state index in [9.17, 15) is 0 Å². The second-order valence-electron chi connectivity index (χ2n) is 4.62. The molecule has 0 bridgehead atoms. The van der Waals surface area contributed by atoms with Crippen LogP contribution in [0, 0.1) is 0 Å². The molecule has 0 saturated carbocycles. The summed E-state index contributed by atoms with van der Waals surface area (Å²) in [6, 6.07) is 8.05. The molecule has 2 rings (SSSR count). The van der Waals surface area contributed by atoms with Crippen molar-refractivity contribution in [2.24, 2.45) is 0 Å². The molecule has 1 aromatic carbocycles. The Morgan fingerprint density at radius 3 is 2.90 bits per heavy atom. The van der Waals surface area contributed by atoms with Gasteiger partial charge in [0.25, 0.3) is 0 Å². The summed E-state index contributed by atoms with van der Waals surface area (Å²) in [6.45, 7) is 3.71. The van der Waals surface area contributed by atoms with E-state index in [0.29, 0.717) is 5.95 Å². The minimum atomic E-state index is 0.559. The highest BCUT2D eigenvalue weighted by molar-refractivity contribution is 5.37. The second-order valence-corrected chi connectivity index (χ2v) is 4.62. The predicted octanol–water partition coefficient (Wildman–Crippen LogP) is 2.36. The summed E-state index contributed by atoms with van der Waals surface area (Å²) in [6.07, 6.45) is 3.54. The van der Waals surface area contributed by atoms with E-state index in [1.807, 2.05) is 18.2 Å². The normalized spacial score (nSPS) is 10.2. The molecule has 2 N–H and O–H groups in total. The molecule has 1 heterocycles. The SMILES string of the molecule is CCCNc1nncc(NCCc2cccc(OC)c2)n1. The van der Waals surface area contributed by atoms with Crippen molar-refractivity contribution in [3.05, 3.63) is 36.0 Å². The zero-order chi connectivity index (χ0) is 14.9. The molecule has 0 unspecified atom stereocenters. The lowest BCUT2D eigenvalue weighted by Crippen LogP contribution is -2.10. The maximum absolute atomic E-state index is 5.21. The fraction of sp³-hybridized carbons (Fsp3) is 0.400. The first-order valence-electron chi connectivity index (χ1n) is 7.12. The Kier molecular flexibility index (Phi) is 5.75. The van der Waals surface area contributed by atoms with Gasteiger partial charge in [-0.05, 0) is 30.5 Å². The third kappa shape index (κ3) is 4.91. The molecule has 6 heteroatoms. The molecule has 0 fully saturated rings. The van der Waals surface area contributed by atoms with E-state index >= 15 is 0 Å². The summed E-state index contributed by atoms with van der Waals surface area (Å²) in [7, 11) is 1.68. The Balaban J connectivity index is 1.85. The van der Waals surface area contributed by atoms with Crippen molar-refractivity contribution in [3.63, 3.8) is 0 Å². The molecule has 6 nitrogen and oxygen atoms in total. The Bertz CT molecular complexity index is 561. The van der Waals surface area contributed by atoms with Crippen molar-refractivity contribution in [2.75, 3.05) is 30.8 Å². The highest BCUT2D eigenvalue weighted by Gasteiger charge is 2.00. The van der Waals surface area contributed by atoms with Gasteiger partial charge in [0, 0.05) is 13.1 Å². The fourth-order valence-electron chi connectivity index (χ4n) is 1.86. The quantitative estimate of drug-likeness (QED) is 0.776. The van der Waals surface area contributed by atoms with E-state index in [4.69, 9.17) is 4.74 Å². The van der Waals surface area contributed by atoms with Crippen molar-refractivity contribution in [3.8, 4) is 5.75 Å². The smallest absolute Gasteiger partial charge is 0.244 e. The van der Waals surface area contributed by atoms with Crippen LogP contribution in [0.3, 0.4) is 0 Å². The number of aromatic nitrogens is 3. The van der Waals surface area contributed by atoms with Crippen molar-refractivity contribution < 1.29 is 4.74 Å². The van der Waals surface area contributed by atoms with Crippen LogP contribution in [-0.2, 0) is 6.42 Å². The summed E-state index contributed by atoms with van der Waals surface area (Å²) in [5, 5.41) is 14.2. The van der Waals surface area contributed by atoms with Crippen LogP contribution in [0.5, 0.6) is 5.75 Å². The maximum atomic E-state index is 5.21. The Hall–Kier alpha value is -2.37. The molecule has 0 aliphatic rings. The molecule has 21 heavy (non-hydrogen) atoms. The van der Waals surface area contributed by atoms with Gasteiger partial charge >= 0.3 is 0 Å². The number of benzene rings is 1. The van der Waals surface area contributed by atoms with Gasteiger partial charge in [-0.3, -0.25) is 0 Å². The molecule has 0 aliphatic carbocycles. The second kappa shape index (κ2) is 8.04. The molecule has 0 aliphatic heterocycles. The molecular formula is C15H21N5O. The first kappa shape index (κ1) is 15.0. The average Bonchev–Trinajstić information content (AvgIpc) is 2.53. The van der Waals surface area contributed by atoms with E-state index in [-0.39, 0.29) is 0 Å². The lowest BCUT2D eigenvalue weighted by molar-refractivity contribution is 0.414. The molecule has 112 valence electrons. The lowest BCUT2D eigenvalue weighted by Gasteiger charge is -2.08. The number of methoxy groups -OCH3 is 1. The minimum absolute atomic E-state index is 0.559. The van der Waals surface area contributed by atoms with Crippen LogP contribution in [-0.4, -0.2) is 35.4 Å². The van der Waals surface area contributed by atoms with Crippen molar-refractivity contribution in [2.45, 2.75) is 19.8 Å². The van der Waals surface area contributed by atoms with Crippen LogP contribution in [0.15, 0.2) is 30.5 Å². The first-order valence-corrected chi connectivity index (χ1v) is 7.12. The van der Waals surface area contributed by atoms with Crippen LogP contribution >= 0.6 is 0 Å². The monoisotopic (exact) mass is 287 g/mol. The predicted molar refractivity (Wildman–Crippen MR) is 83.8 cm³/mol. The Labute approximate surface area is 125 Å². The van der Waals surface area contributed by atoms with Gasteiger partial charge in [0.05, 0.1) is 13.3 Å². The molecular weight excluding hydrogens is 266 g/mol. The molecule has 1 aromatic heterocycles. The topological polar surface area (TPSA) is 72.0 Å². The molecule has 0 saturated heterocycles. The van der Waals surface area contributed by atoms with Gasteiger partial charge in [-0.15, -0.1) is 5.10 Å². The molecule has 0 spiro atoms. The van der Waals surface area contributed by atoms with Crippen molar-refractivity contribution >= 4 is 11.8 Å². The van der Waals surface area contributed by atoms with E-state index in [1.165, 1.54) is 5.56 Å². The Morgan fingerprint density at radius 1 is 1.19 bits per heavy atom. The summed E-state index contributed by atoms with van der Waals surface area (Å²) in [4.78, 5) is 4.35. The van der Waals surface area contributed by atoms with Crippen LogP contribution in [0.2, 0.25) is 0 Å². The van der Waals surface area contributed by atoms with E-state index in [0.717, 1.165) is 37.5 Å². The van der Waals surface area contributed by atoms with Crippen LogP contribution < -0.4 is 15.4 Å². The van der Waals surface area contributed by atoms with Gasteiger partial charge in [-0.25, -0.2) is 0 Å². The third-order valence-electron chi connectivity index (χ3n) is 2.95. The summed E-state index contributed by atoms with van der Waals surface area (Å²) < 4.78 is 5.21. The molecule has 2 aromatic rings. The van der Waals surface area contributed by atoms with E-state index in [2.05, 4.69) is 38.8 Å². The summed E-state index contributed by atoms with van der Waals surface area (Å²) in [5.41, 5.74) is 1.22. The van der Waals surface area contributed by atoms with Crippen LogP contribution in [0.25, 0.3) is 0 Å². The van der Waals surface area contributed by atoms with Gasteiger partial charge in [0.1, 0.15) is 5.75 Å². The number of ether oxygens (including phenoxy) is 1. The van der Waals surface area contributed by atoms with E-state index < -0.39 is 0 Å². The summed E-state index contributed by atoms with van der Waals surface area (Å²) in [5.74, 6) is 2.16. The standard InChI is InChI=1S/C15H21N5O/c1-3-8-17-15-19-14(11-18-20-15)16-9-7-12-5-4-6-13(10-12)21-2/h4-6,10-11H,3,7-9H2,1-2H3,(H2,16,17,19,20). The zero-order valence-corrected chi connectivity index (χ0v) is 12.5. The lowest BCUT2D eigenvalue weighted by atomic mass is 10.1. The van der Waals surface area contributed by atoms with Crippen LogP contribution in [0.4, 0.5) is 11.8 Å². The van der Waals surface area contributed by atoms with Crippen molar-refractivity contribution in [1.29, 1.82) is 0 Å². The van der Waals surface area contributed by atoms with E-state index in [1.54, 1.807) is 13.3 Å². The van der Waals surface area contributed by atoms with Gasteiger partial charge in [-0.1, -0.05) is 19.1 Å². The number of anilines is 2. The number of hydrogen-bond donors (Lipinski definition) is 2. The van der Waals surface area contributed by atoms with Crippen LogP contribution in [0.1, 0.15) is 18.9 Å². The van der Waals surface area contributed by atoms with Crippen molar-refractivity contribution in [1.82, 2.24) is 15.2 Å². The van der Waals surface area contributed by atoms with Gasteiger partial charge < -0.3 is 15.4 Å². The third-order valence-corrected chi connectivity index (χ3v) is 2.95. The largest absolute Gasteiger partial charge is 0.497 e. The Morgan fingerprint density at radius 2 is 2.10 bits per heavy atom. The molecule has 0 atom stereocenters. The van der Waals surface area contributed by atoms with Gasteiger partial charge in [0.15, 0.2) is 5.82 Å². The number of hydrogen-bond acceptors (Lipinski definition) is 6. The highest BCUT2D eigenvalue weighted by atomic mass is 16.5. The number of nitrogens with one attached hydrogen (secondary N) is 2. The number of nitrogens with zero attached hydrogens (tertiary/aromatic N) is 3. The molecule has 0 radical (unpaired) electrons. The summed E-state index contributed by atoms with van der Waals surface area (Å²) >= 11 is 0. The highest BCUT2D eigenvalue weighted by Crippen LogP contribution is 2.13. The van der Waals surface area contributed by atoms with Gasteiger partial charge in [0.2, 0.25) is 5.95 Å².